The van der Waals surface area contributed by atoms with E-state index in [9.17, 15) is 14.4 Å². The van der Waals surface area contributed by atoms with E-state index >= 15 is 0 Å². The first-order chi connectivity index (χ1) is 15.7. The Labute approximate surface area is 199 Å². The van der Waals surface area contributed by atoms with Crippen LogP contribution in [0.15, 0.2) is 54.6 Å². The molecule has 1 aliphatic heterocycles. The summed E-state index contributed by atoms with van der Waals surface area (Å²) in [5.74, 6) is -0.101. The van der Waals surface area contributed by atoms with Crippen molar-refractivity contribution in [1.29, 1.82) is 0 Å². The number of nitrogens with zero attached hydrogens (tertiary/aromatic N) is 1. The van der Waals surface area contributed by atoms with Crippen LogP contribution in [-0.2, 0) is 14.3 Å². The Bertz CT molecular complexity index is 808. The summed E-state index contributed by atoms with van der Waals surface area (Å²) < 4.78 is 4.55. The molecule has 3 rings (SSSR count). The molecule has 1 amide bonds. The van der Waals surface area contributed by atoms with Gasteiger partial charge in [-0.25, -0.2) is 0 Å². The van der Waals surface area contributed by atoms with Crippen molar-refractivity contribution in [3.8, 4) is 0 Å². The van der Waals surface area contributed by atoms with Crippen LogP contribution in [-0.4, -0.2) is 48.8 Å². The van der Waals surface area contributed by atoms with Crippen molar-refractivity contribution in [2.75, 3.05) is 18.9 Å². The van der Waals surface area contributed by atoms with E-state index in [1.54, 1.807) is 36.4 Å². The first kappa shape index (κ1) is 30.0. The molecule has 1 saturated heterocycles. The predicted molar refractivity (Wildman–Crippen MR) is 136 cm³/mol. The second-order valence-corrected chi connectivity index (χ2v) is 8.30. The van der Waals surface area contributed by atoms with E-state index < -0.39 is 0 Å². The number of rotatable bonds is 5. The maximum absolute atomic E-state index is 12.2. The van der Waals surface area contributed by atoms with E-state index in [1.807, 2.05) is 52.8 Å². The highest BCUT2D eigenvalue weighted by Crippen LogP contribution is 2.18. The molecule has 0 spiro atoms. The number of carbonyl (C=O) groups is 3. The topological polar surface area (TPSA) is 75.7 Å². The number of ketones is 1. The first-order valence-corrected chi connectivity index (χ1v) is 11.4. The van der Waals surface area contributed by atoms with Gasteiger partial charge in [-0.15, -0.1) is 0 Å². The van der Waals surface area contributed by atoms with Gasteiger partial charge in [0, 0.05) is 17.2 Å². The number of hydrogen-bond donors (Lipinski definition) is 1. The van der Waals surface area contributed by atoms with Crippen molar-refractivity contribution in [3.63, 3.8) is 0 Å². The number of hydrogen-bond acceptors (Lipinski definition) is 5. The maximum Gasteiger partial charge on any atom is 0.293 e. The van der Waals surface area contributed by atoms with Crippen molar-refractivity contribution in [1.82, 2.24) is 4.90 Å². The average Bonchev–Trinajstić information content (AvgIpc) is 3.18. The molecule has 1 atom stereocenters. The van der Waals surface area contributed by atoms with Gasteiger partial charge < -0.3 is 15.0 Å². The highest BCUT2D eigenvalue weighted by molar-refractivity contribution is 6.13. The van der Waals surface area contributed by atoms with Gasteiger partial charge in [-0.3, -0.25) is 14.4 Å². The molecular weight excluding hydrogens is 416 g/mol. The lowest BCUT2D eigenvalue weighted by Crippen LogP contribution is -2.20. The van der Waals surface area contributed by atoms with Gasteiger partial charge in [0.05, 0.1) is 5.69 Å². The molecule has 1 aliphatic rings. The molecule has 2 aromatic rings. The van der Waals surface area contributed by atoms with Crippen LogP contribution in [0.2, 0.25) is 0 Å². The highest BCUT2D eigenvalue weighted by Gasteiger charge is 2.14. The van der Waals surface area contributed by atoms with Crippen LogP contribution in [0.5, 0.6) is 0 Å². The number of ether oxygens (including phenoxy) is 1. The van der Waals surface area contributed by atoms with E-state index in [4.69, 9.17) is 0 Å². The summed E-state index contributed by atoms with van der Waals surface area (Å²) in [5, 5.41) is 2.53. The molecule has 0 radical (unpaired) electrons. The fourth-order valence-electron chi connectivity index (χ4n) is 2.84. The number of likely N-dealkylation sites (tertiary alicyclic amines) is 1. The molecular formula is C27H40N2O4. The van der Waals surface area contributed by atoms with Crippen LogP contribution in [0.3, 0.4) is 0 Å². The smallest absolute Gasteiger partial charge is 0.293 e. The number of nitrogens with one attached hydrogen (secondary N) is 1. The Hall–Kier alpha value is -2.99. The molecule has 0 aromatic heterocycles. The second-order valence-electron chi connectivity index (χ2n) is 8.30. The van der Waals surface area contributed by atoms with Gasteiger partial charge in [0.2, 0.25) is 6.41 Å². The molecule has 1 N–H and O–H groups in total. The third-order valence-electron chi connectivity index (χ3n) is 4.71. The standard InChI is InChI=1S/C14H11NO2.C6H13N.C5H10O2.C2H6/c16-10-15-13-9-5-4-8-12(13)14(17)11-6-2-1-3-7-11;1-6-4-3-5-7(6)2;1-5(2,3)7-4-6;1-2/h1-10H,(H,15,16);6H,3-5H2,1-2H3;4H,1-3H3;1-2H3. The third kappa shape index (κ3) is 12.6. The zero-order valence-corrected chi connectivity index (χ0v) is 21.1. The Morgan fingerprint density at radius 2 is 1.61 bits per heavy atom. The van der Waals surface area contributed by atoms with Gasteiger partial charge >= 0.3 is 0 Å². The first-order valence-electron chi connectivity index (χ1n) is 11.4. The quantitative estimate of drug-likeness (QED) is 0.470. The molecule has 182 valence electrons. The zero-order valence-electron chi connectivity index (χ0n) is 21.1. The Kier molecular flexibility index (Phi) is 15.1. The minimum atomic E-state index is -0.318. The number of anilines is 1. The van der Waals surface area contributed by atoms with Gasteiger partial charge in [0.15, 0.2) is 5.78 Å². The Morgan fingerprint density at radius 1 is 1.03 bits per heavy atom. The van der Waals surface area contributed by atoms with Gasteiger partial charge in [-0.2, -0.15) is 0 Å². The summed E-state index contributed by atoms with van der Waals surface area (Å²) in [6.07, 6.45) is 3.37. The lowest BCUT2D eigenvalue weighted by atomic mass is 10.0. The highest BCUT2D eigenvalue weighted by atomic mass is 16.5. The molecule has 0 aliphatic carbocycles. The molecule has 1 unspecified atom stereocenters. The number of carbonyl (C=O) groups excluding carboxylic acids is 3. The lowest BCUT2D eigenvalue weighted by Gasteiger charge is -2.14. The minimum absolute atomic E-state index is 0.101. The molecule has 6 nitrogen and oxygen atoms in total. The monoisotopic (exact) mass is 456 g/mol. The van der Waals surface area contributed by atoms with Crippen LogP contribution < -0.4 is 5.32 Å². The number of para-hydroxylation sites is 1. The Morgan fingerprint density at radius 3 is 2.00 bits per heavy atom. The molecule has 0 bridgehead atoms. The van der Waals surface area contributed by atoms with Gasteiger partial charge in [-0.1, -0.05) is 56.3 Å². The Balaban J connectivity index is 0.000000530. The van der Waals surface area contributed by atoms with Crippen molar-refractivity contribution in [2.45, 2.75) is 66.0 Å². The SMILES string of the molecule is CC.CC(C)(C)OC=O.CC1CCCN1C.O=CNc1ccccc1C(=O)c1ccccc1. The maximum atomic E-state index is 12.2. The molecule has 33 heavy (non-hydrogen) atoms. The van der Waals surface area contributed by atoms with Gasteiger partial charge in [-0.05, 0) is 66.3 Å². The largest absolute Gasteiger partial charge is 0.462 e. The lowest BCUT2D eigenvalue weighted by molar-refractivity contribution is -0.138. The number of amides is 1. The fraction of sp³-hybridized carbons (Fsp3) is 0.444. The summed E-state index contributed by atoms with van der Waals surface area (Å²) in [7, 11) is 2.19. The normalized spacial score (nSPS) is 14.7. The molecule has 0 saturated carbocycles. The van der Waals surface area contributed by atoms with Crippen molar-refractivity contribution < 1.29 is 19.1 Å². The minimum Gasteiger partial charge on any atom is -0.462 e. The average molecular weight is 457 g/mol. The summed E-state index contributed by atoms with van der Waals surface area (Å²) in [4.78, 5) is 34.7. The predicted octanol–water partition coefficient (Wildman–Crippen LogP) is 5.57. The number of benzene rings is 2. The molecule has 6 heteroatoms. The summed E-state index contributed by atoms with van der Waals surface area (Å²) in [6, 6.07) is 16.8. The van der Waals surface area contributed by atoms with Crippen LogP contribution in [0, 0.1) is 0 Å². The van der Waals surface area contributed by atoms with Crippen LogP contribution in [0.1, 0.15) is 70.3 Å². The van der Waals surface area contributed by atoms with E-state index in [-0.39, 0.29) is 11.4 Å². The van der Waals surface area contributed by atoms with Gasteiger partial charge in [0.25, 0.3) is 6.47 Å². The molecule has 1 fully saturated rings. The van der Waals surface area contributed by atoms with Crippen LogP contribution in [0.4, 0.5) is 5.69 Å². The van der Waals surface area contributed by atoms with Crippen molar-refractivity contribution in [2.24, 2.45) is 0 Å². The van der Waals surface area contributed by atoms with E-state index in [0.29, 0.717) is 29.7 Å². The third-order valence-corrected chi connectivity index (χ3v) is 4.71. The summed E-state index contributed by atoms with van der Waals surface area (Å²) in [5.41, 5.74) is 1.30. The summed E-state index contributed by atoms with van der Waals surface area (Å²) in [6.45, 7) is 13.5. The van der Waals surface area contributed by atoms with E-state index in [1.165, 1.54) is 19.4 Å². The van der Waals surface area contributed by atoms with E-state index in [2.05, 4.69) is 28.9 Å². The fourth-order valence-corrected chi connectivity index (χ4v) is 2.84. The zero-order chi connectivity index (χ0) is 25.3. The molecule has 2 aromatic carbocycles. The van der Waals surface area contributed by atoms with Crippen LogP contribution >= 0.6 is 0 Å². The van der Waals surface area contributed by atoms with Crippen molar-refractivity contribution >= 4 is 24.4 Å². The summed E-state index contributed by atoms with van der Waals surface area (Å²) >= 11 is 0. The van der Waals surface area contributed by atoms with E-state index in [0.717, 1.165) is 6.04 Å². The van der Waals surface area contributed by atoms with Crippen LogP contribution in [0.25, 0.3) is 0 Å². The van der Waals surface area contributed by atoms with Crippen molar-refractivity contribution in [3.05, 3.63) is 65.7 Å². The van der Waals surface area contributed by atoms with Gasteiger partial charge in [0.1, 0.15) is 5.60 Å². The molecule has 1 heterocycles. The second kappa shape index (κ2) is 16.6.